The van der Waals surface area contributed by atoms with Gasteiger partial charge in [0.1, 0.15) is 5.75 Å². The first-order valence-corrected chi connectivity index (χ1v) is 14.2. The van der Waals surface area contributed by atoms with Gasteiger partial charge < -0.3 is 30.1 Å². The number of ether oxygens (including phenoxy) is 1. The molecule has 0 aliphatic carbocycles. The van der Waals surface area contributed by atoms with E-state index in [0.717, 1.165) is 74.9 Å². The van der Waals surface area contributed by atoms with Crippen LogP contribution in [0.25, 0.3) is 0 Å². The van der Waals surface area contributed by atoms with E-state index in [1.807, 2.05) is 65.6 Å². The Balaban J connectivity index is 1.32. The van der Waals surface area contributed by atoms with Crippen molar-refractivity contribution >= 4 is 34.7 Å². The molecular weight excluding hydrogens is 502 g/mol. The van der Waals surface area contributed by atoms with Crippen molar-refractivity contribution in [2.75, 3.05) is 66.8 Å². The van der Waals surface area contributed by atoms with Gasteiger partial charge >= 0.3 is 6.03 Å². The molecule has 0 spiro atoms. The Kier molecular flexibility index (Phi) is 8.43. The first kappa shape index (κ1) is 27.4. The highest BCUT2D eigenvalue weighted by Crippen LogP contribution is 2.32. The summed E-state index contributed by atoms with van der Waals surface area (Å²) in [5.74, 6) is 1.32. The molecule has 40 heavy (non-hydrogen) atoms. The number of benzene rings is 3. The number of anilines is 4. The molecular formula is C32H39N5O3. The molecule has 2 saturated heterocycles. The predicted molar refractivity (Wildman–Crippen MR) is 162 cm³/mol. The maximum Gasteiger partial charge on any atom is 0.323 e. The minimum absolute atomic E-state index is 0.0213. The Morgan fingerprint density at radius 2 is 1.35 bits per heavy atom. The highest BCUT2D eigenvalue weighted by atomic mass is 16.5. The van der Waals surface area contributed by atoms with Crippen molar-refractivity contribution in [2.45, 2.75) is 32.6 Å². The van der Waals surface area contributed by atoms with Gasteiger partial charge in [0.25, 0.3) is 5.91 Å². The standard InChI is InChI=1S/C32H39N5O3/c1-23(2)24-10-12-25(13-11-24)33-32(39)34-26-14-15-28(27(22-26)31(38)37-16-6-7-17-37)35-18-20-36(21-19-35)29-8-4-5-9-30(29)40-3/h4-5,8-15,22-23H,6-7,16-21H2,1-3H3,(H2,33,34,39). The molecule has 210 valence electrons. The van der Waals surface area contributed by atoms with Crippen molar-refractivity contribution in [3.63, 3.8) is 0 Å². The molecule has 3 aromatic rings. The van der Waals surface area contributed by atoms with Crippen molar-refractivity contribution in [3.05, 3.63) is 77.9 Å². The van der Waals surface area contributed by atoms with Crippen LogP contribution >= 0.6 is 0 Å². The summed E-state index contributed by atoms with van der Waals surface area (Å²) in [6.07, 6.45) is 2.04. The normalized spacial score (nSPS) is 15.3. The van der Waals surface area contributed by atoms with E-state index in [0.29, 0.717) is 17.2 Å². The fourth-order valence-corrected chi connectivity index (χ4v) is 5.48. The second kappa shape index (κ2) is 12.3. The number of methoxy groups -OCH3 is 1. The number of hydrogen-bond donors (Lipinski definition) is 2. The third-order valence-electron chi connectivity index (χ3n) is 7.76. The quantitative estimate of drug-likeness (QED) is 0.382. The summed E-state index contributed by atoms with van der Waals surface area (Å²) in [7, 11) is 1.70. The fraction of sp³-hybridized carbons (Fsp3) is 0.375. The molecule has 8 nitrogen and oxygen atoms in total. The number of para-hydroxylation sites is 2. The lowest BCUT2D eigenvalue weighted by Crippen LogP contribution is -2.47. The first-order chi connectivity index (χ1) is 19.4. The van der Waals surface area contributed by atoms with Crippen LogP contribution < -0.4 is 25.2 Å². The van der Waals surface area contributed by atoms with Crippen LogP contribution in [0.2, 0.25) is 0 Å². The molecule has 0 aromatic heterocycles. The van der Waals surface area contributed by atoms with Crippen molar-refractivity contribution in [2.24, 2.45) is 0 Å². The summed E-state index contributed by atoms with van der Waals surface area (Å²) in [5.41, 5.74) is 5.16. The van der Waals surface area contributed by atoms with E-state index in [1.54, 1.807) is 7.11 Å². The first-order valence-electron chi connectivity index (χ1n) is 14.2. The topological polar surface area (TPSA) is 77.1 Å². The van der Waals surface area contributed by atoms with Gasteiger partial charge in [-0.25, -0.2) is 4.79 Å². The zero-order chi connectivity index (χ0) is 28.1. The second-order valence-corrected chi connectivity index (χ2v) is 10.7. The van der Waals surface area contributed by atoms with Crippen molar-refractivity contribution in [3.8, 4) is 5.75 Å². The van der Waals surface area contributed by atoms with Crippen molar-refractivity contribution < 1.29 is 14.3 Å². The van der Waals surface area contributed by atoms with Crippen LogP contribution in [0, 0.1) is 0 Å². The highest BCUT2D eigenvalue weighted by Gasteiger charge is 2.27. The molecule has 0 bridgehead atoms. The second-order valence-electron chi connectivity index (χ2n) is 10.7. The number of rotatable bonds is 7. The van der Waals surface area contributed by atoms with Crippen LogP contribution in [-0.2, 0) is 0 Å². The Morgan fingerprint density at radius 3 is 2.00 bits per heavy atom. The van der Waals surface area contributed by atoms with Crippen LogP contribution in [0.3, 0.4) is 0 Å². The van der Waals surface area contributed by atoms with Crippen LogP contribution in [-0.4, -0.2) is 63.2 Å². The molecule has 2 aliphatic rings. The van der Waals surface area contributed by atoms with Gasteiger partial charge in [0, 0.05) is 56.3 Å². The summed E-state index contributed by atoms with van der Waals surface area (Å²) in [6.45, 7) is 9.00. The van der Waals surface area contributed by atoms with Gasteiger partial charge in [0.2, 0.25) is 0 Å². The molecule has 0 radical (unpaired) electrons. The van der Waals surface area contributed by atoms with E-state index in [4.69, 9.17) is 4.74 Å². The van der Waals surface area contributed by atoms with Gasteiger partial charge in [-0.1, -0.05) is 38.1 Å². The fourth-order valence-electron chi connectivity index (χ4n) is 5.48. The molecule has 2 heterocycles. The monoisotopic (exact) mass is 541 g/mol. The molecule has 8 heteroatoms. The van der Waals surface area contributed by atoms with Crippen molar-refractivity contribution in [1.29, 1.82) is 0 Å². The zero-order valence-electron chi connectivity index (χ0n) is 23.7. The highest BCUT2D eigenvalue weighted by molar-refractivity contribution is 6.04. The number of amides is 3. The van der Waals surface area contributed by atoms with Gasteiger partial charge in [-0.15, -0.1) is 0 Å². The van der Waals surface area contributed by atoms with E-state index in [2.05, 4.69) is 40.3 Å². The summed E-state index contributed by atoms with van der Waals surface area (Å²) < 4.78 is 5.57. The number of likely N-dealkylation sites (tertiary alicyclic amines) is 1. The van der Waals surface area contributed by atoms with Gasteiger partial charge in [-0.2, -0.15) is 0 Å². The van der Waals surface area contributed by atoms with E-state index in [1.165, 1.54) is 5.56 Å². The number of nitrogens with one attached hydrogen (secondary N) is 2. The Bertz CT molecular complexity index is 1330. The van der Waals surface area contributed by atoms with Crippen LogP contribution in [0.1, 0.15) is 48.5 Å². The molecule has 0 atom stereocenters. The lowest BCUT2D eigenvalue weighted by Gasteiger charge is -2.38. The Labute approximate surface area is 236 Å². The third-order valence-corrected chi connectivity index (χ3v) is 7.76. The molecule has 3 amide bonds. The Hall–Kier alpha value is -4.20. The van der Waals surface area contributed by atoms with Gasteiger partial charge in [-0.3, -0.25) is 4.79 Å². The Morgan fingerprint density at radius 1 is 0.750 bits per heavy atom. The van der Waals surface area contributed by atoms with Gasteiger partial charge in [0.05, 0.1) is 18.4 Å². The summed E-state index contributed by atoms with van der Waals surface area (Å²) in [5, 5.41) is 5.82. The molecule has 2 aliphatic heterocycles. The number of carbonyl (C=O) groups excluding carboxylic acids is 2. The molecule has 2 N–H and O–H groups in total. The predicted octanol–water partition coefficient (Wildman–Crippen LogP) is 6.03. The number of hydrogen-bond acceptors (Lipinski definition) is 5. The molecule has 0 unspecified atom stereocenters. The molecule has 3 aromatic carbocycles. The summed E-state index contributed by atoms with van der Waals surface area (Å²) in [6, 6.07) is 21.3. The molecule has 2 fully saturated rings. The minimum Gasteiger partial charge on any atom is -0.495 e. The van der Waals surface area contributed by atoms with Crippen molar-refractivity contribution in [1.82, 2.24) is 4.90 Å². The minimum atomic E-state index is -0.338. The van der Waals surface area contributed by atoms with E-state index < -0.39 is 0 Å². The van der Waals surface area contributed by atoms with E-state index in [-0.39, 0.29) is 11.9 Å². The molecule has 5 rings (SSSR count). The van der Waals surface area contributed by atoms with Gasteiger partial charge in [-0.05, 0) is 66.8 Å². The lowest BCUT2D eigenvalue weighted by molar-refractivity contribution is 0.0793. The summed E-state index contributed by atoms with van der Waals surface area (Å²) >= 11 is 0. The average molecular weight is 542 g/mol. The van der Waals surface area contributed by atoms with Crippen LogP contribution in [0.5, 0.6) is 5.75 Å². The summed E-state index contributed by atoms with van der Waals surface area (Å²) in [4.78, 5) is 33.0. The van der Waals surface area contributed by atoms with E-state index >= 15 is 0 Å². The largest absolute Gasteiger partial charge is 0.495 e. The number of urea groups is 1. The third kappa shape index (κ3) is 6.17. The smallest absolute Gasteiger partial charge is 0.323 e. The lowest BCUT2D eigenvalue weighted by atomic mass is 10.0. The SMILES string of the molecule is COc1ccccc1N1CCN(c2ccc(NC(=O)Nc3ccc(C(C)C)cc3)cc2C(=O)N2CCCC2)CC1. The number of piperazine rings is 1. The van der Waals surface area contributed by atoms with E-state index in [9.17, 15) is 9.59 Å². The van der Waals surface area contributed by atoms with Crippen LogP contribution in [0.15, 0.2) is 66.7 Å². The van der Waals surface area contributed by atoms with Gasteiger partial charge in [0.15, 0.2) is 0 Å². The number of nitrogens with zero attached hydrogens (tertiary/aromatic N) is 3. The maximum absolute atomic E-state index is 13.6. The molecule has 0 saturated carbocycles. The zero-order valence-corrected chi connectivity index (χ0v) is 23.7. The average Bonchev–Trinajstić information content (AvgIpc) is 3.52. The number of carbonyl (C=O) groups is 2. The maximum atomic E-state index is 13.6. The van der Waals surface area contributed by atoms with Crippen LogP contribution in [0.4, 0.5) is 27.5 Å².